The zero-order valence-corrected chi connectivity index (χ0v) is 18.0. The minimum Gasteiger partial charge on any atom is -0.497 e. The maximum absolute atomic E-state index is 13.3. The first-order chi connectivity index (χ1) is 14.4. The van der Waals surface area contributed by atoms with E-state index < -0.39 is 0 Å². The summed E-state index contributed by atoms with van der Waals surface area (Å²) in [5.41, 5.74) is 5.32. The van der Waals surface area contributed by atoms with E-state index in [1.54, 1.807) is 14.2 Å². The summed E-state index contributed by atoms with van der Waals surface area (Å²) in [6.45, 7) is 6.91. The van der Waals surface area contributed by atoms with Gasteiger partial charge in [-0.3, -0.25) is 9.89 Å². The number of rotatable bonds is 6. The summed E-state index contributed by atoms with van der Waals surface area (Å²) >= 11 is 0. The number of fused-ring (bicyclic) bond motifs is 1. The Morgan fingerprint density at radius 2 is 1.83 bits per heavy atom. The van der Waals surface area contributed by atoms with E-state index in [9.17, 15) is 4.79 Å². The van der Waals surface area contributed by atoms with Crippen LogP contribution < -0.4 is 9.47 Å². The average Bonchev–Trinajstić information content (AvgIpc) is 3.27. The van der Waals surface area contributed by atoms with E-state index in [4.69, 9.17) is 9.47 Å². The SMILES string of the molecule is COc1ccc(C2c3c(-c4ccc(C)cc4)n[nH]c3C(=O)N2CC(C)C)c(OC)c1. The Balaban J connectivity index is 1.91. The van der Waals surface area contributed by atoms with Crippen LogP contribution in [0.1, 0.15) is 47.1 Å². The van der Waals surface area contributed by atoms with Crippen molar-refractivity contribution in [2.75, 3.05) is 20.8 Å². The standard InChI is InChI=1S/C24H27N3O3/c1-14(2)13-27-23(18-11-10-17(29-4)12-19(18)30-5)20-21(25-26-22(20)24(27)28)16-8-6-15(3)7-9-16/h6-12,14,23H,13H2,1-5H3,(H,25,26). The van der Waals surface area contributed by atoms with E-state index in [2.05, 4.69) is 43.1 Å². The Morgan fingerprint density at radius 1 is 1.10 bits per heavy atom. The molecule has 0 spiro atoms. The fraction of sp³-hybridized carbons (Fsp3) is 0.333. The van der Waals surface area contributed by atoms with Gasteiger partial charge in [-0.05, 0) is 25.0 Å². The second-order valence-corrected chi connectivity index (χ2v) is 8.09. The smallest absolute Gasteiger partial charge is 0.273 e. The third kappa shape index (κ3) is 3.32. The quantitative estimate of drug-likeness (QED) is 0.651. The minimum absolute atomic E-state index is 0.0348. The van der Waals surface area contributed by atoms with Gasteiger partial charge in [0.2, 0.25) is 0 Å². The van der Waals surface area contributed by atoms with Crippen molar-refractivity contribution in [3.63, 3.8) is 0 Å². The summed E-state index contributed by atoms with van der Waals surface area (Å²) in [7, 11) is 3.27. The lowest BCUT2D eigenvalue weighted by atomic mass is 9.94. The number of hydrogen-bond acceptors (Lipinski definition) is 4. The third-order valence-corrected chi connectivity index (χ3v) is 5.49. The Morgan fingerprint density at radius 3 is 2.47 bits per heavy atom. The molecule has 0 saturated heterocycles. The van der Waals surface area contributed by atoms with Crippen LogP contribution in [0.5, 0.6) is 11.5 Å². The molecule has 2 heterocycles. The van der Waals surface area contributed by atoms with Gasteiger partial charge < -0.3 is 14.4 Å². The van der Waals surface area contributed by atoms with E-state index in [-0.39, 0.29) is 11.9 Å². The van der Waals surface area contributed by atoms with Crippen LogP contribution in [0.25, 0.3) is 11.3 Å². The number of aromatic nitrogens is 2. The molecule has 1 aliphatic rings. The Kier molecular flexibility index (Phi) is 5.24. The lowest BCUT2D eigenvalue weighted by Crippen LogP contribution is -2.33. The Hall–Kier alpha value is -3.28. The van der Waals surface area contributed by atoms with Gasteiger partial charge in [0.25, 0.3) is 5.91 Å². The van der Waals surface area contributed by atoms with Gasteiger partial charge in [0.15, 0.2) is 0 Å². The number of carbonyl (C=O) groups excluding carboxylic acids is 1. The molecule has 30 heavy (non-hydrogen) atoms. The number of nitrogens with zero attached hydrogens (tertiary/aromatic N) is 2. The molecule has 6 heteroatoms. The molecule has 0 radical (unpaired) electrons. The molecule has 1 N–H and O–H groups in total. The van der Waals surface area contributed by atoms with E-state index in [1.807, 2.05) is 35.2 Å². The van der Waals surface area contributed by atoms with Crippen molar-refractivity contribution in [3.05, 3.63) is 64.8 Å². The number of H-pyrrole nitrogens is 1. The second-order valence-electron chi connectivity index (χ2n) is 8.09. The van der Waals surface area contributed by atoms with Gasteiger partial charge in [0.1, 0.15) is 17.2 Å². The number of carbonyl (C=O) groups is 1. The van der Waals surface area contributed by atoms with Crippen molar-refractivity contribution in [2.24, 2.45) is 5.92 Å². The third-order valence-electron chi connectivity index (χ3n) is 5.49. The van der Waals surface area contributed by atoms with Crippen molar-refractivity contribution in [1.82, 2.24) is 15.1 Å². The van der Waals surface area contributed by atoms with Gasteiger partial charge in [0, 0.05) is 29.3 Å². The van der Waals surface area contributed by atoms with Crippen molar-refractivity contribution in [1.29, 1.82) is 0 Å². The van der Waals surface area contributed by atoms with Crippen LogP contribution in [0.4, 0.5) is 0 Å². The highest BCUT2D eigenvalue weighted by atomic mass is 16.5. The van der Waals surface area contributed by atoms with E-state index in [1.165, 1.54) is 5.56 Å². The molecular weight excluding hydrogens is 378 g/mol. The number of benzene rings is 2. The van der Waals surface area contributed by atoms with Crippen molar-refractivity contribution >= 4 is 5.91 Å². The highest BCUT2D eigenvalue weighted by molar-refractivity contribution is 6.00. The lowest BCUT2D eigenvalue weighted by molar-refractivity contribution is 0.0721. The van der Waals surface area contributed by atoms with Gasteiger partial charge in [0.05, 0.1) is 26.0 Å². The minimum atomic E-state index is -0.286. The zero-order valence-electron chi connectivity index (χ0n) is 18.0. The second kappa shape index (κ2) is 7.86. The molecule has 4 rings (SSSR count). The van der Waals surface area contributed by atoms with Crippen molar-refractivity contribution < 1.29 is 14.3 Å². The van der Waals surface area contributed by atoms with Gasteiger partial charge in [-0.25, -0.2) is 0 Å². The molecule has 156 valence electrons. The predicted octanol–water partition coefficient (Wildman–Crippen LogP) is 4.60. The van der Waals surface area contributed by atoms with E-state index in [0.717, 1.165) is 22.4 Å². The topological polar surface area (TPSA) is 67.5 Å². The molecule has 0 fully saturated rings. The summed E-state index contributed by atoms with van der Waals surface area (Å²) in [6.07, 6.45) is 0. The number of amides is 1. The summed E-state index contributed by atoms with van der Waals surface area (Å²) in [5.74, 6) is 1.68. The first-order valence-corrected chi connectivity index (χ1v) is 10.1. The molecular formula is C24H27N3O3. The fourth-order valence-corrected chi connectivity index (χ4v) is 4.08. The monoisotopic (exact) mass is 405 g/mol. The molecule has 1 atom stereocenters. The van der Waals surface area contributed by atoms with Crippen LogP contribution in [-0.4, -0.2) is 41.8 Å². The first kappa shape index (κ1) is 20.0. The fourth-order valence-electron chi connectivity index (χ4n) is 4.08. The zero-order chi connectivity index (χ0) is 21.4. The number of methoxy groups -OCH3 is 2. The molecule has 0 saturated carbocycles. The Labute approximate surface area is 176 Å². The van der Waals surface area contributed by atoms with Crippen molar-refractivity contribution in [3.8, 4) is 22.8 Å². The summed E-state index contributed by atoms with van der Waals surface area (Å²) in [4.78, 5) is 15.2. The molecule has 6 nitrogen and oxygen atoms in total. The molecule has 0 bridgehead atoms. The van der Waals surface area contributed by atoms with Crippen LogP contribution in [0.2, 0.25) is 0 Å². The van der Waals surface area contributed by atoms with Crippen molar-refractivity contribution in [2.45, 2.75) is 26.8 Å². The highest BCUT2D eigenvalue weighted by Crippen LogP contribution is 2.46. The average molecular weight is 405 g/mol. The van der Waals surface area contributed by atoms with Crippen LogP contribution in [-0.2, 0) is 0 Å². The van der Waals surface area contributed by atoms with Gasteiger partial charge in [-0.1, -0.05) is 43.7 Å². The molecule has 1 unspecified atom stereocenters. The summed E-state index contributed by atoms with van der Waals surface area (Å²) in [5, 5.41) is 7.53. The number of ether oxygens (including phenoxy) is 2. The number of aryl methyl sites for hydroxylation is 1. The molecule has 1 aromatic heterocycles. The largest absolute Gasteiger partial charge is 0.497 e. The van der Waals surface area contributed by atoms with Gasteiger partial charge in [-0.2, -0.15) is 5.10 Å². The maximum Gasteiger partial charge on any atom is 0.273 e. The van der Waals surface area contributed by atoms with Crippen LogP contribution in [0, 0.1) is 12.8 Å². The van der Waals surface area contributed by atoms with Crippen LogP contribution in [0.15, 0.2) is 42.5 Å². The normalized spacial score (nSPS) is 15.6. The van der Waals surface area contributed by atoms with E-state index in [0.29, 0.717) is 29.7 Å². The highest BCUT2D eigenvalue weighted by Gasteiger charge is 2.43. The first-order valence-electron chi connectivity index (χ1n) is 10.1. The van der Waals surface area contributed by atoms with Gasteiger partial charge >= 0.3 is 0 Å². The lowest BCUT2D eigenvalue weighted by Gasteiger charge is -2.29. The number of aromatic amines is 1. The maximum atomic E-state index is 13.3. The van der Waals surface area contributed by atoms with E-state index >= 15 is 0 Å². The van der Waals surface area contributed by atoms with Crippen LogP contribution >= 0.6 is 0 Å². The molecule has 2 aromatic carbocycles. The number of hydrogen-bond donors (Lipinski definition) is 1. The van der Waals surface area contributed by atoms with Gasteiger partial charge in [-0.15, -0.1) is 0 Å². The molecule has 1 aliphatic heterocycles. The Bertz CT molecular complexity index is 1070. The summed E-state index contributed by atoms with van der Waals surface area (Å²) < 4.78 is 11.1. The number of nitrogens with one attached hydrogen (secondary N) is 1. The summed E-state index contributed by atoms with van der Waals surface area (Å²) in [6, 6.07) is 13.7. The predicted molar refractivity (Wildman–Crippen MR) is 116 cm³/mol. The molecule has 0 aliphatic carbocycles. The molecule has 1 amide bonds. The van der Waals surface area contributed by atoms with Crippen LogP contribution in [0.3, 0.4) is 0 Å². The molecule has 3 aromatic rings.